The first-order valence-corrected chi connectivity index (χ1v) is 12.5. The Balaban J connectivity index is 1.42. The number of amides is 1. The van der Waals surface area contributed by atoms with Crippen LogP contribution < -0.4 is 5.32 Å². The first kappa shape index (κ1) is 24.7. The smallest absolute Gasteiger partial charge is 0.329 e. The molecule has 1 aliphatic heterocycles. The van der Waals surface area contributed by atoms with Crippen molar-refractivity contribution in [1.29, 1.82) is 0 Å². The molecule has 4 heteroatoms. The summed E-state index contributed by atoms with van der Waals surface area (Å²) in [5.74, 6) is -0.0195. The van der Waals surface area contributed by atoms with Gasteiger partial charge in [0.15, 0.2) is 0 Å². The molecule has 2 fully saturated rings. The number of fused-ring (bicyclic) bond motifs is 1. The van der Waals surface area contributed by atoms with Crippen LogP contribution in [0.25, 0.3) is 0 Å². The first-order valence-electron chi connectivity index (χ1n) is 12.5. The Bertz CT molecular complexity index is 554. The number of ether oxygens (including phenoxy) is 1. The molecule has 0 spiro atoms. The molecule has 170 valence electrons. The summed E-state index contributed by atoms with van der Waals surface area (Å²) in [6, 6.07) is -0.402. The molecule has 2 aliphatic rings. The number of carbonyl (C=O) groups is 2. The van der Waals surface area contributed by atoms with Crippen molar-refractivity contribution in [3.63, 3.8) is 0 Å². The lowest BCUT2D eigenvalue weighted by atomic mass is 9.83. The quantitative estimate of drug-likeness (QED) is 0.190. The summed E-state index contributed by atoms with van der Waals surface area (Å²) in [5.41, 5.74) is 0. The van der Waals surface area contributed by atoms with Gasteiger partial charge in [-0.05, 0) is 57.8 Å². The zero-order valence-corrected chi connectivity index (χ0v) is 19.1. The average molecular weight is 418 g/mol. The van der Waals surface area contributed by atoms with Crippen LogP contribution in [-0.4, -0.2) is 24.0 Å². The number of hydrogen-bond donors (Lipinski definition) is 1. The Morgan fingerprint density at radius 1 is 0.933 bits per heavy atom. The summed E-state index contributed by atoms with van der Waals surface area (Å²) in [6.07, 6.45) is 26.9. The second-order valence-corrected chi connectivity index (χ2v) is 8.95. The van der Waals surface area contributed by atoms with Crippen molar-refractivity contribution in [2.75, 3.05) is 0 Å². The van der Waals surface area contributed by atoms with Gasteiger partial charge in [-0.3, -0.25) is 4.79 Å². The van der Waals surface area contributed by atoms with Crippen molar-refractivity contribution in [2.45, 2.75) is 122 Å². The van der Waals surface area contributed by atoms with Gasteiger partial charge in [0.1, 0.15) is 12.1 Å². The van der Waals surface area contributed by atoms with Crippen LogP contribution in [0.4, 0.5) is 0 Å². The van der Waals surface area contributed by atoms with Crippen LogP contribution in [0.1, 0.15) is 110 Å². The van der Waals surface area contributed by atoms with E-state index in [4.69, 9.17) is 4.74 Å². The molecule has 3 unspecified atom stereocenters. The van der Waals surface area contributed by atoms with Gasteiger partial charge in [0, 0.05) is 12.3 Å². The van der Waals surface area contributed by atoms with Gasteiger partial charge in [-0.25, -0.2) is 4.79 Å². The normalized spacial score (nSPS) is 23.8. The van der Waals surface area contributed by atoms with Gasteiger partial charge < -0.3 is 10.1 Å². The zero-order chi connectivity index (χ0) is 21.4. The van der Waals surface area contributed by atoms with Crippen LogP contribution in [-0.2, 0) is 14.3 Å². The molecule has 30 heavy (non-hydrogen) atoms. The largest absolute Gasteiger partial charge is 0.460 e. The highest BCUT2D eigenvalue weighted by molar-refractivity contribution is 5.86. The molecule has 1 saturated carbocycles. The van der Waals surface area contributed by atoms with Crippen LogP contribution in [0.3, 0.4) is 0 Å². The summed E-state index contributed by atoms with van der Waals surface area (Å²) in [6.45, 7) is 2.24. The molecule has 1 aliphatic carbocycles. The number of unbranched alkanes of at least 4 members (excludes halogenated alkanes) is 8. The van der Waals surface area contributed by atoms with Crippen molar-refractivity contribution < 1.29 is 14.3 Å². The van der Waals surface area contributed by atoms with Crippen molar-refractivity contribution in [1.82, 2.24) is 5.32 Å². The average Bonchev–Trinajstić information content (AvgIpc) is 3.06. The Morgan fingerprint density at radius 3 is 2.37 bits per heavy atom. The minimum Gasteiger partial charge on any atom is -0.460 e. The van der Waals surface area contributed by atoms with E-state index in [1.54, 1.807) is 0 Å². The highest BCUT2D eigenvalue weighted by atomic mass is 16.6. The van der Waals surface area contributed by atoms with Gasteiger partial charge in [0.25, 0.3) is 0 Å². The summed E-state index contributed by atoms with van der Waals surface area (Å²) in [4.78, 5) is 24.3. The first-order chi connectivity index (χ1) is 14.7. The molecule has 0 aromatic rings. The third-order valence-corrected chi connectivity index (χ3v) is 6.37. The van der Waals surface area contributed by atoms with Crippen LogP contribution in [0.15, 0.2) is 24.3 Å². The predicted octanol–water partition coefficient (Wildman–Crippen LogP) is 6.40. The third kappa shape index (κ3) is 9.49. The summed E-state index contributed by atoms with van der Waals surface area (Å²) in [7, 11) is 0. The molecule has 4 nitrogen and oxygen atoms in total. The summed E-state index contributed by atoms with van der Waals surface area (Å²) in [5, 5.41) is 2.95. The van der Waals surface area contributed by atoms with Crippen molar-refractivity contribution in [3.05, 3.63) is 24.3 Å². The SMILES string of the molecule is CCCCC/C=C\C/C=C\CCCCCCCC(=O)NC1C(=O)OC2CCCCC21. The second-order valence-electron chi connectivity index (χ2n) is 8.95. The molecule has 1 saturated heterocycles. The number of hydrogen-bond acceptors (Lipinski definition) is 3. The Hall–Kier alpha value is -1.58. The fourth-order valence-electron chi connectivity index (χ4n) is 4.56. The lowest BCUT2D eigenvalue weighted by molar-refractivity contribution is -0.144. The fraction of sp³-hybridized carbons (Fsp3) is 0.769. The third-order valence-electron chi connectivity index (χ3n) is 6.37. The maximum Gasteiger partial charge on any atom is 0.329 e. The minimum atomic E-state index is -0.402. The molecule has 0 radical (unpaired) electrons. The van der Waals surface area contributed by atoms with Gasteiger partial charge in [-0.1, -0.05) is 69.8 Å². The van der Waals surface area contributed by atoms with Crippen LogP contribution in [0.2, 0.25) is 0 Å². The molecule has 3 atom stereocenters. The van der Waals surface area contributed by atoms with Crippen molar-refractivity contribution in [3.8, 4) is 0 Å². The number of esters is 1. The van der Waals surface area contributed by atoms with E-state index in [-0.39, 0.29) is 23.9 Å². The van der Waals surface area contributed by atoms with Crippen LogP contribution in [0.5, 0.6) is 0 Å². The molecule has 1 amide bonds. The van der Waals surface area contributed by atoms with E-state index in [9.17, 15) is 9.59 Å². The molecule has 0 aromatic heterocycles. The van der Waals surface area contributed by atoms with E-state index in [0.717, 1.165) is 51.4 Å². The molecule has 0 bridgehead atoms. The van der Waals surface area contributed by atoms with E-state index < -0.39 is 6.04 Å². The van der Waals surface area contributed by atoms with Crippen LogP contribution >= 0.6 is 0 Å². The fourth-order valence-corrected chi connectivity index (χ4v) is 4.56. The summed E-state index contributed by atoms with van der Waals surface area (Å²) < 4.78 is 5.45. The maximum atomic E-state index is 12.2. The standard InChI is InChI=1S/C26H43NO3/c1-2-3-4-5-6-7-8-9-10-11-12-13-14-15-16-21-24(28)27-25-22-19-17-18-20-23(22)30-26(25)29/h6-7,9-10,22-23,25H,2-5,8,11-21H2,1H3,(H,27,28)/b7-6-,10-9-. The second kappa shape index (κ2) is 15.3. The Morgan fingerprint density at radius 2 is 1.60 bits per heavy atom. The van der Waals surface area contributed by atoms with Crippen molar-refractivity contribution >= 4 is 11.9 Å². The number of rotatable bonds is 15. The van der Waals surface area contributed by atoms with Gasteiger partial charge in [0.05, 0.1) is 0 Å². The number of nitrogens with one attached hydrogen (secondary N) is 1. The lowest BCUT2D eigenvalue weighted by Gasteiger charge is -2.25. The lowest BCUT2D eigenvalue weighted by Crippen LogP contribution is -2.43. The van der Waals surface area contributed by atoms with Gasteiger partial charge in [0.2, 0.25) is 5.91 Å². The van der Waals surface area contributed by atoms with E-state index in [0.29, 0.717) is 6.42 Å². The van der Waals surface area contributed by atoms with Gasteiger partial charge in [-0.2, -0.15) is 0 Å². The molecule has 1 heterocycles. The van der Waals surface area contributed by atoms with Gasteiger partial charge in [-0.15, -0.1) is 0 Å². The summed E-state index contributed by atoms with van der Waals surface area (Å²) >= 11 is 0. The zero-order valence-electron chi connectivity index (χ0n) is 19.1. The van der Waals surface area contributed by atoms with E-state index in [1.807, 2.05) is 0 Å². The van der Waals surface area contributed by atoms with Crippen LogP contribution in [0, 0.1) is 5.92 Å². The van der Waals surface area contributed by atoms with Crippen molar-refractivity contribution in [2.24, 2.45) is 5.92 Å². The highest BCUT2D eigenvalue weighted by Gasteiger charge is 2.45. The Kier molecular flexibility index (Phi) is 12.6. The predicted molar refractivity (Wildman–Crippen MR) is 123 cm³/mol. The van der Waals surface area contributed by atoms with E-state index >= 15 is 0 Å². The van der Waals surface area contributed by atoms with Gasteiger partial charge >= 0.3 is 5.97 Å². The Labute approximate surface area is 183 Å². The topological polar surface area (TPSA) is 55.4 Å². The molecular weight excluding hydrogens is 374 g/mol. The molecule has 1 N–H and O–H groups in total. The minimum absolute atomic E-state index is 0.00820. The number of allylic oxidation sites excluding steroid dienone is 4. The molecule has 2 rings (SSSR count). The maximum absolute atomic E-state index is 12.2. The molecule has 0 aromatic carbocycles. The highest BCUT2D eigenvalue weighted by Crippen LogP contribution is 2.35. The monoisotopic (exact) mass is 417 g/mol. The molecular formula is C26H43NO3. The van der Waals surface area contributed by atoms with E-state index in [1.165, 1.54) is 44.9 Å². The number of carbonyl (C=O) groups excluding carboxylic acids is 2. The van der Waals surface area contributed by atoms with E-state index in [2.05, 4.69) is 36.5 Å².